The van der Waals surface area contributed by atoms with E-state index in [0.717, 1.165) is 30.3 Å². The molecule has 41 heavy (non-hydrogen) atoms. The van der Waals surface area contributed by atoms with Crippen LogP contribution in [0.15, 0.2) is 48.9 Å². The number of halogens is 2. The second kappa shape index (κ2) is 11.3. The summed E-state index contributed by atoms with van der Waals surface area (Å²) in [6.45, 7) is 2.96. The summed E-state index contributed by atoms with van der Waals surface area (Å²) in [5.41, 5.74) is 9.77. The number of amides is 1. The van der Waals surface area contributed by atoms with Gasteiger partial charge in [0.05, 0.1) is 29.1 Å². The summed E-state index contributed by atoms with van der Waals surface area (Å²) < 4.78 is 37.8. The molecule has 4 aromatic rings. The summed E-state index contributed by atoms with van der Waals surface area (Å²) in [6, 6.07) is 7.92. The molecule has 1 saturated heterocycles. The average molecular weight is 561 g/mol. The number of imidazole rings is 1. The summed E-state index contributed by atoms with van der Waals surface area (Å²) in [4.78, 5) is 22.6. The number of nitrogens with two attached hydrogens (primary N) is 1. The molecule has 4 heterocycles. The van der Waals surface area contributed by atoms with Crippen molar-refractivity contribution in [2.45, 2.75) is 63.6 Å². The van der Waals surface area contributed by atoms with Gasteiger partial charge in [0.25, 0.3) is 0 Å². The standard InChI is InChI=1S/C31H34F2N6O2/c1-18-10-20(13-26(34)31(18)41-2)23-7-8-35-15-21(23)14-28-36-16-22-5-6-27(37-39(22)28)30-24(32)11-19(12-25(30)33)17-38-9-3-4-29(38)40/h5-8,11-12,15-16,18,20,26,31H,3-4,9-10,13-14,17,34H2,1-2H3/t18-,20+,26+,31-/m0/s1. The maximum absolute atomic E-state index is 15.3. The third-order valence-electron chi connectivity index (χ3n) is 8.56. The van der Waals surface area contributed by atoms with E-state index in [9.17, 15) is 4.79 Å². The molecule has 2 fully saturated rings. The van der Waals surface area contributed by atoms with Gasteiger partial charge in [-0.15, -0.1) is 0 Å². The fraction of sp³-hybridized carbons (Fsp3) is 0.419. The molecule has 0 unspecified atom stereocenters. The van der Waals surface area contributed by atoms with Crippen molar-refractivity contribution in [3.63, 3.8) is 0 Å². The molecule has 214 valence electrons. The second-order valence-corrected chi connectivity index (χ2v) is 11.3. The van der Waals surface area contributed by atoms with Crippen molar-refractivity contribution in [3.8, 4) is 11.3 Å². The lowest BCUT2D eigenvalue weighted by Crippen LogP contribution is -2.45. The molecule has 10 heteroatoms. The van der Waals surface area contributed by atoms with Crippen LogP contribution in [-0.2, 0) is 22.5 Å². The predicted octanol–water partition coefficient (Wildman–Crippen LogP) is 4.64. The monoisotopic (exact) mass is 560 g/mol. The summed E-state index contributed by atoms with van der Waals surface area (Å²) in [6.07, 6.45) is 8.84. The van der Waals surface area contributed by atoms with Crippen LogP contribution in [0.5, 0.6) is 0 Å². The maximum atomic E-state index is 15.3. The van der Waals surface area contributed by atoms with Gasteiger partial charge in [0.15, 0.2) is 0 Å². The number of methoxy groups -OCH3 is 1. The van der Waals surface area contributed by atoms with Crippen LogP contribution in [0.25, 0.3) is 16.8 Å². The minimum absolute atomic E-state index is 0.00596. The number of likely N-dealkylation sites (tertiary alicyclic amines) is 1. The van der Waals surface area contributed by atoms with Gasteiger partial charge in [-0.1, -0.05) is 6.92 Å². The van der Waals surface area contributed by atoms with Crippen molar-refractivity contribution < 1.29 is 18.3 Å². The highest BCUT2D eigenvalue weighted by Gasteiger charge is 2.35. The van der Waals surface area contributed by atoms with Crippen LogP contribution in [0.3, 0.4) is 0 Å². The number of nitrogens with zero attached hydrogens (tertiary/aromatic N) is 5. The van der Waals surface area contributed by atoms with E-state index in [2.05, 4.69) is 22.0 Å². The topological polar surface area (TPSA) is 98.6 Å². The zero-order valence-corrected chi connectivity index (χ0v) is 23.3. The van der Waals surface area contributed by atoms with E-state index in [-0.39, 0.29) is 41.8 Å². The van der Waals surface area contributed by atoms with Crippen LogP contribution < -0.4 is 5.73 Å². The van der Waals surface area contributed by atoms with Crippen LogP contribution in [0.1, 0.15) is 61.0 Å². The van der Waals surface area contributed by atoms with Gasteiger partial charge in [-0.25, -0.2) is 18.3 Å². The molecule has 1 aliphatic carbocycles. The Morgan fingerprint density at radius 2 is 1.93 bits per heavy atom. The molecule has 6 rings (SSSR count). The van der Waals surface area contributed by atoms with Crippen LogP contribution in [0.4, 0.5) is 8.78 Å². The Bertz CT molecular complexity index is 1560. The van der Waals surface area contributed by atoms with E-state index >= 15 is 8.78 Å². The Hall–Kier alpha value is -3.76. The van der Waals surface area contributed by atoms with Crippen molar-refractivity contribution in [1.82, 2.24) is 24.5 Å². The number of ether oxygens (including phenoxy) is 1. The lowest BCUT2D eigenvalue weighted by Gasteiger charge is -2.38. The average Bonchev–Trinajstić information content (AvgIpc) is 3.53. The lowest BCUT2D eigenvalue weighted by molar-refractivity contribution is -0.128. The molecule has 1 aliphatic heterocycles. The molecule has 1 amide bonds. The van der Waals surface area contributed by atoms with Crippen molar-refractivity contribution >= 4 is 11.4 Å². The van der Waals surface area contributed by atoms with Gasteiger partial charge in [0, 0.05) is 51.5 Å². The molecule has 2 N–H and O–H groups in total. The first-order chi connectivity index (χ1) is 19.8. The van der Waals surface area contributed by atoms with E-state index < -0.39 is 11.6 Å². The van der Waals surface area contributed by atoms with Gasteiger partial charge >= 0.3 is 0 Å². The summed E-state index contributed by atoms with van der Waals surface area (Å²) in [7, 11) is 1.72. The van der Waals surface area contributed by atoms with Gasteiger partial charge in [0.2, 0.25) is 5.91 Å². The number of fused-ring (bicyclic) bond motifs is 1. The Morgan fingerprint density at radius 1 is 1.12 bits per heavy atom. The number of hydrogen-bond acceptors (Lipinski definition) is 6. The first-order valence-corrected chi connectivity index (χ1v) is 14.1. The van der Waals surface area contributed by atoms with Crippen LogP contribution >= 0.6 is 0 Å². The lowest BCUT2D eigenvalue weighted by atomic mass is 9.74. The number of benzene rings is 1. The predicted molar refractivity (Wildman–Crippen MR) is 150 cm³/mol. The van der Waals surface area contributed by atoms with Gasteiger partial charge in [0.1, 0.15) is 17.5 Å². The molecule has 4 atom stereocenters. The summed E-state index contributed by atoms with van der Waals surface area (Å²) in [5.74, 6) is -0.205. The van der Waals surface area contributed by atoms with Gasteiger partial charge < -0.3 is 15.4 Å². The van der Waals surface area contributed by atoms with Gasteiger partial charge in [-0.2, -0.15) is 5.10 Å². The van der Waals surface area contributed by atoms with E-state index in [1.165, 1.54) is 17.7 Å². The van der Waals surface area contributed by atoms with Crippen molar-refractivity contribution in [1.29, 1.82) is 0 Å². The molecule has 1 aromatic carbocycles. The fourth-order valence-electron chi connectivity index (χ4n) is 6.62. The minimum atomic E-state index is -0.716. The van der Waals surface area contributed by atoms with E-state index in [4.69, 9.17) is 10.5 Å². The Morgan fingerprint density at radius 3 is 2.63 bits per heavy atom. The molecular weight excluding hydrogens is 526 g/mol. The minimum Gasteiger partial charge on any atom is -0.380 e. The number of carbonyl (C=O) groups is 1. The van der Waals surface area contributed by atoms with Crippen LogP contribution in [-0.4, -0.2) is 56.2 Å². The highest BCUT2D eigenvalue weighted by atomic mass is 19.1. The Balaban J connectivity index is 1.29. The van der Waals surface area contributed by atoms with Crippen molar-refractivity contribution in [2.24, 2.45) is 11.7 Å². The Labute approximate surface area is 237 Å². The largest absolute Gasteiger partial charge is 0.380 e. The van der Waals surface area contributed by atoms with E-state index in [0.29, 0.717) is 36.7 Å². The quantitative estimate of drug-likeness (QED) is 0.354. The van der Waals surface area contributed by atoms with Crippen LogP contribution in [0.2, 0.25) is 0 Å². The zero-order valence-electron chi connectivity index (χ0n) is 23.3. The maximum Gasteiger partial charge on any atom is 0.222 e. The SMILES string of the molecule is CO[C@@H]1[C@H](N)C[C@H](c2ccncc2Cc2ncc3ccc(-c4c(F)cc(CN5CCCC5=O)cc4F)nn23)C[C@@H]1C. The number of hydrogen-bond donors (Lipinski definition) is 1. The molecule has 0 bridgehead atoms. The molecule has 1 saturated carbocycles. The molecule has 0 radical (unpaired) electrons. The molecule has 0 spiro atoms. The zero-order chi connectivity index (χ0) is 28.7. The van der Waals surface area contributed by atoms with Gasteiger partial charge in [-0.3, -0.25) is 9.78 Å². The fourth-order valence-corrected chi connectivity index (χ4v) is 6.62. The first-order valence-electron chi connectivity index (χ1n) is 14.1. The van der Waals surface area contributed by atoms with Crippen molar-refractivity contribution in [3.05, 3.63) is 83.1 Å². The molecule has 3 aromatic heterocycles. The summed E-state index contributed by atoms with van der Waals surface area (Å²) in [5, 5.41) is 4.61. The molecule has 8 nitrogen and oxygen atoms in total. The van der Waals surface area contributed by atoms with Crippen LogP contribution in [0, 0.1) is 17.6 Å². The highest BCUT2D eigenvalue weighted by Crippen LogP contribution is 2.38. The van der Waals surface area contributed by atoms with E-state index in [1.54, 1.807) is 41.1 Å². The number of aromatic nitrogens is 4. The normalized spacial score (nSPS) is 23.0. The third kappa shape index (κ3) is 5.34. The Kier molecular flexibility index (Phi) is 7.52. The number of rotatable bonds is 7. The smallest absolute Gasteiger partial charge is 0.222 e. The number of carbonyl (C=O) groups excluding carboxylic acids is 1. The first kappa shape index (κ1) is 27.4. The number of pyridine rings is 1. The van der Waals surface area contributed by atoms with E-state index in [1.807, 2.05) is 12.3 Å². The molecule has 2 aliphatic rings. The third-order valence-corrected chi connectivity index (χ3v) is 8.56. The summed E-state index contributed by atoms with van der Waals surface area (Å²) >= 11 is 0. The van der Waals surface area contributed by atoms with Crippen molar-refractivity contribution in [2.75, 3.05) is 13.7 Å². The van der Waals surface area contributed by atoms with Gasteiger partial charge in [-0.05, 0) is 78.1 Å². The molecular formula is C31H34F2N6O2. The second-order valence-electron chi connectivity index (χ2n) is 11.3. The highest BCUT2D eigenvalue weighted by molar-refractivity contribution is 5.78.